The molecule has 0 radical (unpaired) electrons. The summed E-state index contributed by atoms with van der Waals surface area (Å²) in [5.41, 5.74) is 0.626. The molecule has 0 saturated carbocycles. The number of methoxy groups -OCH3 is 1. The van der Waals surface area contributed by atoms with Gasteiger partial charge in [0, 0.05) is 10.8 Å². The number of H-pyrrole nitrogens is 1. The second-order valence-corrected chi connectivity index (χ2v) is 9.09. The van der Waals surface area contributed by atoms with Crippen molar-refractivity contribution in [2.45, 2.75) is 32.6 Å². The summed E-state index contributed by atoms with van der Waals surface area (Å²) in [5, 5.41) is 3.15. The zero-order valence-electron chi connectivity index (χ0n) is 21.1. The molecule has 9 nitrogen and oxygen atoms in total. The Kier molecular flexibility index (Phi) is 7.48. The molecule has 39 heavy (non-hydrogen) atoms. The molecular weight excluding hydrogens is 519 g/mol. The molecule has 1 atom stereocenters. The minimum atomic E-state index is -5.14. The number of ketones is 1. The van der Waals surface area contributed by atoms with Gasteiger partial charge in [-0.15, -0.1) is 0 Å². The minimum Gasteiger partial charge on any atom is -0.437 e. The predicted octanol–water partition coefficient (Wildman–Crippen LogP) is 4.57. The molecular formula is C27H24F3N3O6. The Morgan fingerprint density at radius 2 is 1.69 bits per heavy atom. The van der Waals surface area contributed by atoms with Crippen molar-refractivity contribution in [3.63, 3.8) is 0 Å². The van der Waals surface area contributed by atoms with Crippen molar-refractivity contribution < 1.29 is 37.0 Å². The summed E-state index contributed by atoms with van der Waals surface area (Å²) in [5.74, 6) is -3.77. The summed E-state index contributed by atoms with van der Waals surface area (Å²) in [6.07, 6.45) is -6.10. The number of alkyl halides is 3. The van der Waals surface area contributed by atoms with Crippen LogP contribution >= 0.6 is 0 Å². The van der Waals surface area contributed by atoms with Crippen LogP contribution in [0.25, 0.3) is 33.1 Å². The predicted molar refractivity (Wildman–Crippen MR) is 136 cm³/mol. The normalized spacial score (nSPS) is 12.5. The van der Waals surface area contributed by atoms with Crippen LogP contribution in [0.5, 0.6) is 5.75 Å². The first-order valence-corrected chi connectivity index (χ1v) is 11.8. The molecule has 2 heterocycles. The van der Waals surface area contributed by atoms with Gasteiger partial charge in [0.1, 0.15) is 12.1 Å². The summed E-state index contributed by atoms with van der Waals surface area (Å²) < 4.78 is 50.1. The van der Waals surface area contributed by atoms with Crippen LogP contribution in [0.15, 0.2) is 59.4 Å². The SMILES string of the molecule is COC(=O)Oc1cccc2c1[nH]c1c(=O)n(CC(=O)NC(C(=O)C(F)(F)F)C(C)C)c(-c3ccccc3)cc12. The number of carbonyl (C=O) groups is 3. The molecule has 2 N–H and O–H groups in total. The first-order valence-electron chi connectivity index (χ1n) is 11.8. The van der Waals surface area contributed by atoms with Crippen LogP contribution in [0.1, 0.15) is 13.8 Å². The number of nitrogens with zero attached hydrogens (tertiary/aromatic N) is 1. The van der Waals surface area contributed by atoms with Gasteiger partial charge >= 0.3 is 12.3 Å². The van der Waals surface area contributed by atoms with Gasteiger partial charge in [0.2, 0.25) is 5.91 Å². The lowest BCUT2D eigenvalue weighted by Gasteiger charge is -2.23. The van der Waals surface area contributed by atoms with Gasteiger partial charge in [0.05, 0.1) is 24.4 Å². The number of pyridine rings is 1. The van der Waals surface area contributed by atoms with Crippen LogP contribution in [0, 0.1) is 5.92 Å². The summed E-state index contributed by atoms with van der Waals surface area (Å²) in [4.78, 5) is 53.2. The highest BCUT2D eigenvalue weighted by Gasteiger charge is 2.45. The monoisotopic (exact) mass is 543 g/mol. The summed E-state index contributed by atoms with van der Waals surface area (Å²) in [6.45, 7) is 2.09. The van der Waals surface area contributed by atoms with Gasteiger partial charge in [0.25, 0.3) is 11.3 Å². The highest BCUT2D eigenvalue weighted by Crippen LogP contribution is 2.33. The van der Waals surface area contributed by atoms with Crippen molar-refractivity contribution in [3.05, 3.63) is 65.0 Å². The molecule has 4 rings (SSSR count). The van der Waals surface area contributed by atoms with Crippen LogP contribution in [-0.2, 0) is 20.9 Å². The van der Waals surface area contributed by atoms with E-state index in [1.54, 1.807) is 48.5 Å². The number of halogens is 3. The van der Waals surface area contributed by atoms with Crippen LogP contribution in [-0.4, -0.2) is 46.7 Å². The summed E-state index contributed by atoms with van der Waals surface area (Å²) in [6, 6.07) is 13.3. The number of benzene rings is 2. The maximum absolute atomic E-state index is 13.7. The number of fused-ring (bicyclic) bond motifs is 3. The number of rotatable bonds is 7. The number of aromatic nitrogens is 2. The largest absolute Gasteiger partial charge is 0.513 e. The number of carbonyl (C=O) groups excluding carboxylic acids is 3. The maximum atomic E-state index is 13.7. The van der Waals surface area contributed by atoms with Crippen LogP contribution in [0.3, 0.4) is 0 Å². The van der Waals surface area contributed by atoms with Crippen molar-refractivity contribution in [3.8, 4) is 17.0 Å². The third-order valence-corrected chi connectivity index (χ3v) is 6.14. The fourth-order valence-electron chi connectivity index (χ4n) is 4.28. The molecule has 0 saturated heterocycles. The first-order chi connectivity index (χ1) is 18.4. The number of ether oxygens (including phenoxy) is 2. The number of aromatic amines is 1. The number of para-hydroxylation sites is 1. The van der Waals surface area contributed by atoms with Gasteiger partial charge < -0.3 is 19.8 Å². The Morgan fingerprint density at radius 3 is 2.31 bits per heavy atom. The Bertz CT molecular complexity index is 1620. The molecule has 1 unspecified atom stereocenters. The quantitative estimate of drug-likeness (QED) is 0.260. The van der Waals surface area contributed by atoms with Crippen LogP contribution in [0.4, 0.5) is 18.0 Å². The van der Waals surface area contributed by atoms with E-state index >= 15 is 0 Å². The van der Waals surface area contributed by atoms with E-state index in [9.17, 15) is 32.3 Å². The lowest BCUT2D eigenvalue weighted by molar-refractivity contribution is -0.174. The van der Waals surface area contributed by atoms with E-state index in [0.29, 0.717) is 27.5 Å². The van der Waals surface area contributed by atoms with Crippen molar-refractivity contribution in [1.29, 1.82) is 0 Å². The second kappa shape index (κ2) is 10.6. The number of nitrogens with one attached hydrogen (secondary N) is 2. The molecule has 0 bridgehead atoms. The first kappa shape index (κ1) is 27.4. The molecule has 0 aliphatic carbocycles. The fraction of sp³-hybridized carbons (Fsp3) is 0.259. The second-order valence-electron chi connectivity index (χ2n) is 9.09. The Labute approximate surface area is 219 Å². The third kappa shape index (κ3) is 5.49. The Morgan fingerprint density at radius 1 is 1.00 bits per heavy atom. The average Bonchev–Trinajstić information content (AvgIpc) is 3.28. The molecule has 0 aliphatic heterocycles. The average molecular weight is 543 g/mol. The molecule has 12 heteroatoms. The Hall–Kier alpha value is -4.61. The van der Waals surface area contributed by atoms with Crippen molar-refractivity contribution >= 4 is 39.7 Å². The molecule has 2 aromatic heterocycles. The van der Waals surface area contributed by atoms with E-state index < -0.39 is 48.1 Å². The number of hydrogen-bond acceptors (Lipinski definition) is 6. The van der Waals surface area contributed by atoms with Gasteiger partial charge in [-0.3, -0.25) is 19.0 Å². The molecule has 0 spiro atoms. The highest BCUT2D eigenvalue weighted by molar-refractivity contribution is 6.10. The number of Topliss-reactive ketones (excluding diaryl/α,β-unsaturated/α-hetero) is 1. The van der Waals surface area contributed by atoms with E-state index in [0.717, 1.165) is 11.7 Å². The van der Waals surface area contributed by atoms with E-state index in [-0.39, 0.29) is 11.3 Å². The molecule has 0 fully saturated rings. The van der Waals surface area contributed by atoms with Crippen molar-refractivity contribution in [1.82, 2.24) is 14.9 Å². The molecule has 2 aromatic carbocycles. The molecule has 1 amide bonds. The smallest absolute Gasteiger partial charge is 0.437 e. The molecule has 204 valence electrons. The van der Waals surface area contributed by atoms with E-state index in [1.165, 1.54) is 19.9 Å². The van der Waals surface area contributed by atoms with Gasteiger partial charge in [-0.2, -0.15) is 13.2 Å². The standard InChI is InChI=1S/C27H24F3N3O6/c1-14(2)21(24(35)27(28,29)30)31-20(34)13-33-18(15-8-5-4-6-9-15)12-17-16-10-7-11-19(39-26(37)38-3)22(16)32-23(17)25(33)36/h4-12,14,21,32H,13H2,1-3H3,(H,31,34). The van der Waals surface area contributed by atoms with Gasteiger partial charge in [-0.25, -0.2) is 4.79 Å². The van der Waals surface area contributed by atoms with E-state index in [1.807, 2.05) is 0 Å². The van der Waals surface area contributed by atoms with Gasteiger partial charge in [-0.05, 0) is 23.6 Å². The van der Waals surface area contributed by atoms with Crippen molar-refractivity contribution in [2.75, 3.05) is 7.11 Å². The van der Waals surface area contributed by atoms with Gasteiger partial charge in [-0.1, -0.05) is 56.3 Å². The zero-order valence-corrected chi connectivity index (χ0v) is 21.1. The number of amides is 1. The summed E-state index contributed by atoms with van der Waals surface area (Å²) >= 11 is 0. The lowest BCUT2D eigenvalue weighted by atomic mass is 9.99. The maximum Gasteiger partial charge on any atom is 0.513 e. The Balaban J connectivity index is 1.85. The third-order valence-electron chi connectivity index (χ3n) is 6.14. The molecule has 4 aromatic rings. The van der Waals surface area contributed by atoms with E-state index in [4.69, 9.17) is 4.74 Å². The number of hydrogen-bond donors (Lipinski definition) is 2. The van der Waals surface area contributed by atoms with Gasteiger partial charge in [0.15, 0.2) is 5.75 Å². The highest BCUT2D eigenvalue weighted by atomic mass is 19.4. The van der Waals surface area contributed by atoms with Crippen LogP contribution in [0.2, 0.25) is 0 Å². The topological polar surface area (TPSA) is 119 Å². The summed E-state index contributed by atoms with van der Waals surface area (Å²) in [7, 11) is 1.15. The van der Waals surface area contributed by atoms with Crippen molar-refractivity contribution in [2.24, 2.45) is 5.92 Å². The fourth-order valence-corrected chi connectivity index (χ4v) is 4.28. The molecule has 0 aliphatic rings. The minimum absolute atomic E-state index is 0.0742. The van der Waals surface area contributed by atoms with E-state index in [2.05, 4.69) is 15.0 Å². The lowest BCUT2D eigenvalue weighted by Crippen LogP contribution is -2.50. The van der Waals surface area contributed by atoms with Crippen LogP contribution < -0.4 is 15.6 Å². The zero-order chi connectivity index (χ0) is 28.5.